The van der Waals surface area contributed by atoms with Crippen LogP contribution in [-0.2, 0) is 4.79 Å². The van der Waals surface area contributed by atoms with Crippen LogP contribution in [0.4, 0.5) is 0 Å². The summed E-state index contributed by atoms with van der Waals surface area (Å²) in [7, 11) is 1.60. The number of hydrogen-bond donors (Lipinski definition) is 1. The van der Waals surface area contributed by atoms with Gasteiger partial charge in [0.05, 0.1) is 18.8 Å². The van der Waals surface area contributed by atoms with E-state index in [0.29, 0.717) is 5.75 Å². The molecule has 1 aromatic heterocycles. The molecule has 0 aliphatic rings. The number of amides is 1. The van der Waals surface area contributed by atoms with Crippen molar-refractivity contribution in [2.24, 2.45) is 0 Å². The van der Waals surface area contributed by atoms with E-state index in [2.05, 4.69) is 10.3 Å². The summed E-state index contributed by atoms with van der Waals surface area (Å²) in [6.45, 7) is -0.0809. The van der Waals surface area contributed by atoms with Crippen LogP contribution in [-0.4, -0.2) is 24.6 Å². The summed E-state index contributed by atoms with van der Waals surface area (Å²) in [6, 6.07) is 22.1. The van der Waals surface area contributed by atoms with E-state index in [-0.39, 0.29) is 18.6 Å². The molecule has 0 spiro atoms. The zero-order chi connectivity index (χ0) is 18.2. The Hall–Kier alpha value is -3.34. The Morgan fingerprint density at radius 2 is 1.65 bits per heavy atom. The zero-order valence-corrected chi connectivity index (χ0v) is 14.5. The Labute approximate surface area is 152 Å². The molecular weight excluding hydrogens is 328 g/mol. The van der Waals surface area contributed by atoms with Crippen molar-refractivity contribution in [3.8, 4) is 11.5 Å². The molecule has 1 atom stereocenters. The Morgan fingerprint density at radius 1 is 0.962 bits per heavy atom. The van der Waals surface area contributed by atoms with Gasteiger partial charge in [-0.1, -0.05) is 36.4 Å². The molecule has 3 rings (SSSR count). The summed E-state index contributed by atoms with van der Waals surface area (Å²) in [5.74, 6) is 1.12. The summed E-state index contributed by atoms with van der Waals surface area (Å²) in [5, 5.41) is 2.99. The number of pyridine rings is 1. The third kappa shape index (κ3) is 4.60. The smallest absolute Gasteiger partial charge is 0.258 e. The first-order valence-corrected chi connectivity index (χ1v) is 8.28. The Bertz CT molecular complexity index is 781. The number of ether oxygens (including phenoxy) is 2. The standard InChI is InChI=1S/C21H20N2O3/c1-25-17-10-12-18(13-11-17)26-15-20(24)23-21(16-7-3-2-4-8-16)19-9-5-6-14-22-19/h2-14,21H,15H2,1H3,(H,23,24). The minimum absolute atomic E-state index is 0.0809. The highest BCUT2D eigenvalue weighted by molar-refractivity contribution is 5.78. The van der Waals surface area contributed by atoms with Crippen LogP contribution in [0.5, 0.6) is 11.5 Å². The molecule has 26 heavy (non-hydrogen) atoms. The number of carbonyl (C=O) groups excluding carboxylic acids is 1. The van der Waals surface area contributed by atoms with Crippen molar-refractivity contribution < 1.29 is 14.3 Å². The highest BCUT2D eigenvalue weighted by Gasteiger charge is 2.18. The second-order valence-electron chi connectivity index (χ2n) is 5.63. The van der Waals surface area contributed by atoms with Crippen LogP contribution in [0.15, 0.2) is 79.0 Å². The van der Waals surface area contributed by atoms with Gasteiger partial charge < -0.3 is 14.8 Å². The molecule has 5 nitrogen and oxygen atoms in total. The van der Waals surface area contributed by atoms with Crippen LogP contribution in [0.3, 0.4) is 0 Å². The molecule has 1 N–H and O–H groups in total. The van der Waals surface area contributed by atoms with Crippen LogP contribution in [0, 0.1) is 0 Å². The maximum absolute atomic E-state index is 12.4. The molecule has 1 amide bonds. The number of carbonyl (C=O) groups is 1. The number of methoxy groups -OCH3 is 1. The van der Waals surface area contributed by atoms with Crippen molar-refractivity contribution in [3.63, 3.8) is 0 Å². The number of nitrogens with zero attached hydrogens (tertiary/aromatic N) is 1. The fourth-order valence-electron chi connectivity index (χ4n) is 2.54. The van der Waals surface area contributed by atoms with E-state index >= 15 is 0 Å². The van der Waals surface area contributed by atoms with Crippen LogP contribution in [0.25, 0.3) is 0 Å². The molecule has 0 bridgehead atoms. The first-order valence-electron chi connectivity index (χ1n) is 8.28. The fourth-order valence-corrected chi connectivity index (χ4v) is 2.54. The van der Waals surface area contributed by atoms with Crippen LogP contribution in [0.1, 0.15) is 17.3 Å². The molecule has 0 aliphatic carbocycles. The molecule has 1 unspecified atom stereocenters. The highest BCUT2D eigenvalue weighted by atomic mass is 16.5. The van der Waals surface area contributed by atoms with E-state index in [1.165, 1.54) is 0 Å². The summed E-state index contributed by atoms with van der Waals surface area (Å²) in [4.78, 5) is 16.8. The first kappa shape index (κ1) is 17.5. The van der Waals surface area contributed by atoms with Gasteiger partial charge in [0.2, 0.25) is 0 Å². The number of hydrogen-bond acceptors (Lipinski definition) is 4. The molecule has 1 heterocycles. The van der Waals surface area contributed by atoms with Gasteiger partial charge in [0, 0.05) is 6.20 Å². The van der Waals surface area contributed by atoms with Crippen molar-refractivity contribution in [1.82, 2.24) is 10.3 Å². The molecule has 0 radical (unpaired) electrons. The molecule has 3 aromatic rings. The van der Waals surface area contributed by atoms with Crippen molar-refractivity contribution in [3.05, 3.63) is 90.3 Å². The van der Waals surface area contributed by atoms with Crippen LogP contribution >= 0.6 is 0 Å². The monoisotopic (exact) mass is 348 g/mol. The largest absolute Gasteiger partial charge is 0.497 e. The van der Waals surface area contributed by atoms with E-state index in [1.807, 2.05) is 48.5 Å². The second kappa shape index (κ2) is 8.67. The first-order chi connectivity index (χ1) is 12.8. The SMILES string of the molecule is COc1ccc(OCC(=O)NC(c2ccccc2)c2ccccn2)cc1. The molecular formula is C21H20N2O3. The topological polar surface area (TPSA) is 60.5 Å². The molecule has 5 heteroatoms. The van der Waals surface area contributed by atoms with Gasteiger partial charge in [-0.15, -0.1) is 0 Å². The van der Waals surface area contributed by atoms with Crippen LogP contribution in [0.2, 0.25) is 0 Å². The minimum Gasteiger partial charge on any atom is -0.497 e. The summed E-state index contributed by atoms with van der Waals surface area (Å²) < 4.78 is 10.7. The molecule has 0 saturated carbocycles. The van der Waals surface area contributed by atoms with Gasteiger partial charge in [0.1, 0.15) is 11.5 Å². The third-order valence-electron chi connectivity index (χ3n) is 3.85. The van der Waals surface area contributed by atoms with Crippen molar-refractivity contribution in [2.75, 3.05) is 13.7 Å². The third-order valence-corrected chi connectivity index (χ3v) is 3.85. The average Bonchev–Trinajstić information content (AvgIpc) is 2.72. The predicted molar refractivity (Wildman–Crippen MR) is 99.2 cm³/mol. The van der Waals surface area contributed by atoms with Gasteiger partial charge in [0.15, 0.2) is 6.61 Å². The van der Waals surface area contributed by atoms with Gasteiger partial charge >= 0.3 is 0 Å². The quantitative estimate of drug-likeness (QED) is 0.711. The number of rotatable bonds is 7. The molecule has 0 fully saturated rings. The summed E-state index contributed by atoms with van der Waals surface area (Å²) in [5.41, 5.74) is 1.74. The van der Waals surface area contributed by atoms with Crippen molar-refractivity contribution in [1.29, 1.82) is 0 Å². The van der Waals surface area contributed by atoms with Gasteiger partial charge in [-0.3, -0.25) is 9.78 Å². The van der Waals surface area contributed by atoms with E-state index in [1.54, 1.807) is 37.6 Å². The van der Waals surface area contributed by atoms with E-state index in [0.717, 1.165) is 17.0 Å². The lowest BCUT2D eigenvalue weighted by molar-refractivity contribution is -0.123. The van der Waals surface area contributed by atoms with Crippen molar-refractivity contribution >= 4 is 5.91 Å². The lowest BCUT2D eigenvalue weighted by Crippen LogP contribution is -2.33. The fraction of sp³-hybridized carbons (Fsp3) is 0.143. The van der Waals surface area contributed by atoms with Gasteiger partial charge in [-0.25, -0.2) is 0 Å². The van der Waals surface area contributed by atoms with E-state index in [9.17, 15) is 4.79 Å². The molecule has 132 valence electrons. The lowest BCUT2D eigenvalue weighted by atomic mass is 10.0. The number of nitrogens with one attached hydrogen (secondary N) is 1. The summed E-state index contributed by atoms with van der Waals surface area (Å²) >= 11 is 0. The Balaban J connectivity index is 1.67. The predicted octanol–water partition coefficient (Wildman–Crippen LogP) is 3.37. The normalized spacial score (nSPS) is 11.4. The van der Waals surface area contributed by atoms with Gasteiger partial charge in [0.25, 0.3) is 5.91 Å². The maximum Gasteiger partial charge on any atom is 0.258 e. The Kier molecular flexibility index (Phi) is 5.83. The van der Waals surface area contributed by atoms with E-state index < -0.39 is 0 Å². The van der Waals surface area contributed by atoms with Gasteiger partial charge in [-0.05, 0) is 42.0 Å². The summed E-state index contributed by atoms with van der Waals surface area (Å²) in [6.07, 6.45) is 1.71. The maximum atomic E-state index is 12.4. The number of benzene rings is 2. The van der Waals surface area contributed by atoms with E-state index in [4.69, 9.17) is 9.47 Å². The second-order valence-corrected chi connectivity index (χ2v) is 5.63. The van der Waals surface area contributed by atoms with Gasteiger partial charge in [-0.2, -0.15) is 0 Å². The number of aromatic nitrogens is 1. The van der Waals surface area contributed by atoms with Crippen molar-refractivity contribution in [2.45, 2.75) is 6.04 Å². The Morgan fingerprint density at radius 3 is 2.31 bits per heavy atom. The molecule has 0 aliphatic heterocycles. The zero-order valence-electron chi connectivity index (χ0n) is 14.5. The highest BCUT2D eigenvalue weighted by Crippen LogP contribution is 2.20. The lowest BCUT2D eigenvalue weighted by Gasteiger charge is -2.19. The van der Waals surface area contributed by atoms with Crippen LogP contribution < -0.4 is 14.8 Å². The average molecular weight is 348 g/mol. The molecule has 0 saturated heterocycles. The molecule has 2 aromatic carbocycles. The minimum atomic E-state index is -0.329.